The number of nitrogens with one attached hydrogen (secondary N) is 1. The zero-order chi connectivity index (χ0) is 22.9. The van der Waals surface area contributed by atoms with E-state index in [0.717, 1.165) is 11.1 Å². The Balaban J connectivity index is 1.62. The molecule has 1 atom stereocenters. The van der Waals surface area contributed by atoms with Crippen LogP contribution in [0.15, 0.2) is 66.7 Å². The van der Waals surface area contributed by atoms with Gasteiger partial charge >= 0.3 is 5.97 Å². The monoisotopic (exact) mass is 436 g/mol. The smallest absolute Gasteiger partial charge is 0.308 e. The Labute approximate surface area is 188 Å². The van der Waals surface area contributed by atoms with Gasteiger partial charge in [0.25, 0.3) is 5.91 Å². The zero-order valence-corrected chi connectivity index (χ0v) is 18.2. The van der Waals surface area contributed by atoms with E-state index in [9.17, 15) is 14.4 Å². The Kier molecular flexibility index (Phi) is 8.02. The summed E-state index contributed by atoms with van der Waals surface area (Å²) in [6, 6.07) is 15.5. The van der Waals surface area contributed by atoms with E-state index < -0.39 is 12.0 Å². The summed E-state index contributed by atoms with van der Waals surface area (Å²) in [5, 5.41) is 2.72. The highest BCUT2D eigenvalue weighted by Gasteiger charge is 2.35. The normalized spacial score (nSPS) is 15.6. The van der Waals surface area contributed by atoms with Gasteiger partial charge in [-0.25, -0.2) is 0 Å². The first kappa shape index (κ1) is 23.1. The fraction of sp³-hybridized carbons (Fsp3) is 0.320. The van der Waals surface area contributed by atoms with Crippen molar-refractivity contribution in [2.45, 2.75) is 25.8 Å². The molecule has 32 heavy (non-hydrogen) atoms. The molecule has 0 aromatic heterocycles. The summed E-state index contributed by atoms with van der Waals surface area (Å²) in [5.41, 5.74) is 2.31. The van der Waals surface area contributed by atoms with Crippen molar-refractivity contribution in [3.8, 4) is 5.75 Å². The van der Waals surface area contributed by atoms with Crippen molar-refractivity contribution in [1.29, 1.82) is 0 Å². The van der Waals surface area contributed by atoms with Crippen molar-refractivity contribution >= 4 is 17.8 Å². The fourth-order valence-electron chi connectivity index (χ4n) is 3.40. The summed E-state index contributed by atoms with van der Waals surface area (Å²) >= 11 is 0. The number of esters is 1. The SMILES string of the molecule is C=C(C)COc1cccc(C(=O)N2CCNC(=O)C2CC(=O)OCCc2ccccc2)c1. The molecule has 0 bridgehead atoms. The summed E-state index contributed by atoms with van der Waals surface area (Å²) in [7, 11) is 0. The Morgan fingerprint density at radius 2 is 1.94 bits per heavy atom. The topological polar surface area (TPSA) is 84.9 Å². The first-order chi connectivity index (χ1) is 15.4. The van der Waals surface area contributed by atoms with Gasteiger partial charge in [0.05, 0.1) is 13.0 Å². The standard InChI is InChI=1S/C25H28N2O5/c1-18(2)17-32-21-10-6-9-20(15-21)25(30)27-13-12-26-24(29)22(27)16-23(28)31-14-11-19-7-4-3-5-8-19/h3-10,15,22H,1,11-14,16-17H2,2H3,(H,26,29). The largest absolute Gasteiger partial charge is 0.489 e. The van der Waals surface area contributed by atoms with Crippen molar-refractivity contribution in [2.24, 2.45) is 0 Å². The molecule has 1 heterocycles. The van der Waals surface area contributed by atoms with Gasteiger partial charge in [0, 0.05) is 25.1 Å². The number of hydrogen-bond acceptors (Lipinski definition) is 5. The molecular weight excluding hydrogens is 408 g/mol. The molecular formula is C25H28N2O5. The van der Waals surface area contributed by atoms with Gasteiger partial charge in [-0.1, -0.05) is 43.0 Å². The quantitative estimate of drug-likeness (QED) is 0.483. The van der Waals surface area contributed by atoms with E-state index in [-0.39, 0.29) is 24.8 Å². The summed E-state index contributed by atoms with van der Waals surface area (Å²) in [6.45, 7) is 6.85. The van der Waals surface area contributed by atoms with E-state index in [1.807, 2.05) is 37.3 Å². The number of ether oxygens (including phenoxy) is 2. The molecule has 0 spiro atoms. The molecule has 2 amide bonds. The minimum absolute atomic E-state index is 0.196. The van der Waals surface area contributed by atoms with Gasteiger partial charge in [-0.15, -0.1) is 0 Å². The van der Waals surface area contributed by atoms with Crippen LogP contribution in [0.2, 0.25) is 0 Å². The number of carbonyl (C=O) groups is 3. The van der Waals surface area contributed by atoms with Crippen LogP contribution < -0.4 is 10.1 Å². The maximum Gasteiger partial charge on any atom is 0.308 e. The molecule has 7 nitrogen and oxygen atoms in total. The third-order valence-electron chi connectivity index (χ3n) is 5.01. The maximum atomic E-state index is 13.1. The van der Waals surface area contributed by atoms with Crippen molar-refractivity contribution in [3.63, 3.8) is 0 Å². The predicted octanol–water partition coefficient (Wildman–Crippen LogP) is 2.76. The van der Waals surface area contributed by atoms with E-state index in [1.54, 1.807) is 24.3 Å². The lowest BCUT2D eigenvalue weighted by atomic mass is 10.1. The second-order valence-corrected chi connectivity index (χ2v) is 7.74. The second-order valence-electron chi connectivity index (χ2n) is 7.74. The van der Waals surface area contributed by atoms with Crippen LogP contribution in [0.5, 0.6) is 5.75 Å². The Bertz CT molecular complexity index is 973. The van der Waals surface area contributed by atoms with Gasteiger partial charge in [-0.2, -0.15) is 0 Å². The van der Waals surface area contributed by atoms with E-state index in [0.29, 0.717) is 37.4 Å². The first-order valence-electron chi connectivity index (χ1n) is 10.6. The van der Waals surface area contributed by atoms with E-state index in [2.05, 4.69) is 11.9 Å². The van der Waals surface area contributed by atoms with Gasteiger partial charge < -0.3 is 19.7 Å². The van der Waals surface area contributed by atoms with Crippen LogP contribution in [0.3, 0.4) is 0 Å². The zero-order valence-electron chi connectivity index (χ0n) is 18.2. The van der Waals surface area contributed by atoms with E-state index in [1.165, 1.54) is 4.90 Å². The molecule has 0 saturated carbocycles. The highest BCUT2D eigenvalue weighted by atomic mass is 16.5. The minimum atomic E-state index is -0.916. The summed E-state index contributed by atoms with van der Waals surface area (Å²) < 4.78 is 10.9. The number of carbonyl (C=O) groups excluding carboxylic acids is 3. The third-order valence-corrected chi connectivity index (χ3v) is 5.01. The molecule has 7 heteroatoms. The Morgan fingerprint density at radius 3 is 2.69 bits per heavy atom. The van der Waals surface area contributed by atoms with Crippen molar-refractivity contribution < 1.29 is 23.9 Å². The summed E-state index contributed by atoms with van der Waals surface area (Å²) in [4.78, 5) is 39.4. The average Bonchev–Trinajstić information content (AvgIpc) is 2.79. The van der Waals surface area contributed by atoms with Gasteiger partial charge in [-0.3, -0.25) is 14.4 Å². The summed E-state index contributed by atoms with van der Waals surface area (Å²) in [5.74, 6) is -0.668. The molecule has 0 aliphatic carbocycles. The van der Waals surface area contributed by atoms with Gasteiger partial charge in [0.1, 0.15) is 18.4 Å². The number of hydrogen-bond donors (Lipinski definition) is 1. The molecule has 2 aromatic rings. The van der Waals surface area contributed by atoms with Crippen LogP contribution in [0.4, 0.5) is 0 Å². The number of amides is 2. The molecule has 1 saturated heterocycles. The lowest BCUT2D eigenvalue weighted by molar-refractivity contribution is -0.147. The molecule has 0 radical (unpaired) electrons. The van der Waals surface area contributed by atoms with Gasteiger partial charge in [0.2, 0.25) is 5.91 Å². The van der Waals surface area contributed by atoms with E-state index >= 15 is 0 Å². The molecule has 1 unspecified atom stereocenters. The van der Waals surface area contributed by atoms with Crippen LogP contribution in [0, 0.1) is 0 Å². The molecule has 2 aromatic carbocycles. The molecule has 3 rings (SSSR count). The molecule has 1 aliphatic heterocycles. The number of nitrogens with zero attached hydrogens (tertiary/aromatic N) is 1. The van der Waals surface area contributed by atoms with Crippen molar-refractivity contribution in [3.05, 3.63) is 77.9 Å². The van der Waals surface area contributed by atoms with Gasteiger partial charge in [-0.05, 0) is 36.3 Å². The van der Waals surface area contributed by atoms with Crippen LogP contribution in [-0.2, 0) is 20.7 Å². The Morgan fingerprint density at radius 1 is 1.16 bits per heavy atom. The number of piperazine rings is 1. The predicted molar refractivity (Wildman–Crippen MR) is 120 cm³/mol. The molecule has 168 valence electrons. The average molecular weight is 437 g/mol. The minimum Gasteiger partial charge on any atom is -0.489 e. The maximum absolute atomic E-state index is 13.1. The fourth-order valence-corrected chi connectivity index (χ4v) is 3.40. The Hall–Kier alpha value is -3.61. The number of benzene rings is 2. The first-order valence-corrected chi connectivity index (χ1v) is 10.6. The molecule has 1 aliphatic rings. The highest BCUT2D eigenvalue weighted by Crippen LogP contribution is 2.19. The molecule has 1 fully saturated rings. The van der Waals surface area contributed by atoms with Crippen LogP contribution >= 0.6 is 0 Å². The van der Waals surface area contributed by atoms with Crippen LogP contribution in [-0.4, -0.2) is 55.0 Å². The second kappa shape index (κ2) is 11.1. The lowest BCUT2D eigenvalue weighted by Crippen LogP contribution is -2.57. The van der Waals surface area contributed by atoms with E-state index in [4.69, 9.17) is 9.47 Å². The van der Waals surface area contributed by atoms with Gasteiger partial charge in [0.15, 0.2) is 0 Å². The summed E-state index contributed by atoms with van der Waals surface area (Å²) in [6.07, 6.45) is 0.390. The third kappa shape index (κ3) is 6.44. The lowest BCUT2D eigenvalue weighted by Gasteiger charge is -2.34. The molecule has 1 N–H and O–H groups in total. The number of rotatable bonds is 9. The van der Waals surface area contributed by atoms with Crippen molar-refractivity contribution in [2.75, 3.05) is 26.3 Å². The van der Waals surface area contributed by atoms with Crippen LogP contribution in [0.1, 0.15) is 29.3 Å². The van der Waals surface area contributed by atoms with Crippen LogP contribution in [0.25, 0.3) is 0 Å². The highest BCUT2D eigenvalue weighted by molar-refractivity contribution is 5.99. The van der Waals surface area contributed by atoms with Crippen molar-refractivity contribution in [1.82, 2.24) is 10.2 Å².